The summed E-state index contributed by atoms with van der Waals surface area (Å²) in [5.74, 6) is 0.550. The Kier molecular flexibility index (Phi) is 7.94. The predicted octanol–water partition coefficient (Wildman–Crippen LogP) is 3.29. The zero-order valence-corrected chi connectivity index (χ0v) is 17.5. The van der Waals surface area contributed by atoms with Crippen LogP contribution >= 0.6 is 23.2 Å². The van der Waals surface area contributed by atoms with E-state index in [0.717, 1.165) is 0 Å². The number of hydrogen-bond acceptors (Lipinski definition) is 6. The third-order valence-electron chi connectivity index (χ3n) is 3.54. The van der Waals surface area contributed by atoms with Gasteiger partial charge in [-0.15, -0.1) is 0 Å². The van der Waals surface area contributed by atoms with Gasteiger partial charge in [-0.2, -0.15) is 4.72 Å². The summed E-state index contributed by atoms with van der Waals surface area (Å²) in [6, 6.07) is 9.66. The number of nitrogens with one attached hydrogen (secondary N) is 1. The third kappa shape index (κ3) is 6.27. The molecule has 0 amide bonds. The van der Waals surface area contributed by atoms with Crippen molar-refractivity contribution in [2.45, 2.75) is 17.9 Å². The number of rotatable bonds is 9. The molecule has 0 aliphatic carbocycles. The van der Waals surface area contributed by atoms with Crippen molar-refractivity contribution in [2.75, 3.05) is 20.3 Å². The molecule has 0 aliphatic heterocycles. The molecule has 0 saturated carbocycles. The Labute approximate surface area is 173 Å². The van der Waals surface area contributed by atoms with E-state index in [1.165, 1.54) is 25.1 Å². The lowest BCUT2D eigenvalue weighted by molar-refractivity contribution is -0.145. The highest BCUT2D eigenvalue weighted by Crippen LogP contribution is 2.24. The normalized spacial score (nSPS) is 12.3. The van der Waals surface area contributed by atoms with Crippen molar-refractivity contribution in [1.29, 1.82) is 0 Å². The third-order valence-corrected chi connectivity index (χ3v) is 5.82. The van der Waals surface area contributed by atoms with Gasteiger partial charge < -0.3 is 14.2 Å². The molecule has 10 heteroatoms. The predicted molar refractivity (Wildman–Crippen MR) is 106 cm³/mol. The molecule has 7 nitrogen and oxygen atoms in total. The molecule has 28 heavy (non-hydrogen) atoms. The number of methoxy groups -OCH3 is 1. The highest BCUT2D eigenvalue weighted by atomic mass is 35.5. The SMILES string of the molecule is COc1ccc(OCCOC(=O)[C@H](C)NS(=O)(=O)c2ccc(Cl)c(Cl)c2)cc1. The van der Waals surface area contributed by atoms with Gasteiger partial charge in [-0.25, -0.2) is 8.42 Å². The molecule has 0 heterocycles. The molecule has 2 aromatic carbocycles. The number of hydrogen-bond donors (Lipinski definition) is 1. The van der Waals surface area contributed by atoms with Crippen LogP contribution in [0.5, 0.6) is 11.5 Å². The van der Waals surface area contributed by atoms with E-state index < -0.39 is 22.0 Å². The number of sulfonamides is 1. The molecule has 0 spiro atoms. The highest BCUT2D eigenvalue weighted by Gasteiger charge is 2.23. The first-order valence-corrected chi connectivity index (χ1v) is 10.4. The average molecular weight is 448 g/mol. The summed E-state index contributed by atoms with van der Waals surface area (Å²) in [6.07, 6.45) is 0. The lowest BCUT2D eigenvalue weighted by atomic mass is 10.3. The molecular formula is C18H19Cl2NO6S. The van der Waals surface area contributed by atoms with E-state index in [1.54, 1.807) is 31.4 Å². The van der Waals surface area contributed by atoms with Crippen LogP contribution in [0.4, 0.5) is 0 Å². The van der Waals surface area contributed by atoms with Crippen LogP contribution in [0, 0.1) is 0 Å². The van der Waals surface area contributed by atoms with E-state index in [2.05, 4.69) is 4.72 Å². The van der Waals surface area contributed by atoms with Crippen LogP contribution in [0.3, 0.4) is 0 Å². The molecule has 0 unspecified atom stereocenters. The van der Waals surface area contributed by atoms with Crippen molar-refractivity contribution in [1.82, 2.24) is 4.72 Å². The zero-order valence-electron chi connectivity index (χ0n) is 15.1. The number of halogens is 2. The number of ether oxygens (including phenoxy) is 3. The van der Waals surface area contributed by atoms with Crippen LogP contribution in [-0.4, -0.2) is 40.8 Å². The molecule has 1 atom stereocenters. The summed E-state index contributed by atoms with van der Waals surface area (Å²) in [5, 5.41) is 0.320. The average Bonchev–Trinajstić information content (AvgIpc) is 2.67. The Hall–Kier alpha value is -2.00. The molecule has 0 aliphatic rings. The minimum atomic E-state index is -3.96. The molecule has 1 N–H and O–H groups in total. The zero-order chi connectivity index (χ0) is 20.7. The van der Waals surface area contributed by atoms with Gasteiger partial charge in [0.2, 0.25) is 10.0 Å². The van der Waals surface area contributed by atoms with Crippen molar-refractivity contribution < 1.29 is 27.4 Å². The topological polar surface area (TPSA) is 90.9 Å². The van der Waals surface area contributed by atoms with Gasteiger partial charge in [-0.3, -0.25) is 4.79 Å². The van der Waals surface area contributed by atoms with E-state index in [4.69, 9.17) is 37.4 Å². The minimum absolute atomic E-state index is 0.0380. The lowest BCUT2D eigenvalue weighted by Gasteiger charge is -2.14. The molecule has 0 aromatic heterocycles. The summed E-state index contributed by atoms with van der Waals surface area (Å²) in [6.45, 7) is 1.45. The summed E-state index contributed by atoms with van der Waals surface area (Å²) in [5.41, 5.74) is 0. The summed E-state index contributed by atoms with van der Waals surface area (Å²) in [7, 11) is -2.40. The summed E-state index contributed by atoms with van der Waals surface area (Å²) >= 11 is 11.6. The lowest BCUT2D eigenvalue weighted by Crippen LogP contribution is -2.39. The Bertz CT molecular complexity index is 918. The summed E-state index contributed by atoms with van der Waals surface area (Å²) in [4.78, 5) is 11.9. The first kappa shape index (κ1) is 22.3. The van der Waals surface area contributed by atoms with Crippen LogP contribution in [0.15, 0.2) is 47.4 Å². The van der Waals surface area contributed by atoms with Gasteiger partial charge >= 0.3 is 5.97 Å². The van der Waals surface area contributed by atoms with Crippen molar-refractivity contribution in [3.8, 4) is 11.5 Å². The van der Waals surface area contributed by atoms with E-state index >= 15 is 0 Å². The van der Waals surface area contributed by atoms with Crippen LogP contribution in [-0.2, 0) is 19.6 Å². The second-order valence-corrected chi connectivity index (χ2v) is 8.14. The Morgan fingerprint density at radius 2 is 1.68 bits per heavy atom. The molecule has 2 aromatic rings. The molecule has 0 fully saturated rings. The second-order valence-electron chi connectivity index (χ2n) is 5.61. The van der Waals surface area contributed by atoms with Crippen LogP contribution in [0.2, 0.25) is 10.0 Å². The Morgan fingerprint density at radius 3 is 2.29 bits per heavy atom. The van der Waals surface area contributed by atoms with E-state index in [-0.39, 0.29) is 28.2 Å². The second kappa shape index (κ2) is 9.97. The van der Waals surface area contributed by atoms with Crippen molar-refractivity contribution >= 4 is 39.2 Å². The molecule has 0 radical (unpaired) electrons. The van der Waals surface area contributed by atoms with Crippen LogP contribution in [0.25, 0.3) is 0 Å². The van der Waals surface area contributed by atoms with Gasteiger partial charge in [0, 0.05) is 0 Å². The van der Waals surface area contributed by atoms with Gasteiger partial charge in [-0.05, 0) is 49.4 Å². The smallest absolute Gasteiger partial charge is 0.324 e. The van der Waals surface area contributed by atoms with Gasteiger partial charge in [0.15, 0.2) is 0 Å². The van der Waals surface area contributed by atoms with E-state index in [9.17, 15) is 13.2 Å². The maximum atomic E-state index is 12.3. The number of carbonyl (C=O) groups is 1. The summed E-state index contributed by atoms with van der Waals surface area (Å²) < 4.78 is 42.4. The largest absolute Gasteiger partial charge is 0.497 e. The number of benzene rings is 2. The fourth-order valence-electron chi connectivity index (χ4n) is 2.09. The Balaban J connectivity index is 1.82. The fraction of sp³-hybridized carbons (Fsp3) is 0.278. The van der Waals surface area contributed by atoms with Gasteiger partial charge in [-0.1, -0.05) is 23.2 Å². The van der Waals surface area contributed by atoms with Crippen molar-refractivity contribution in [3.05, 3.63) is 52.5 Å². The molecular weight excluding hydrogens is 429 g/mol. The molecule has 2 rings (SSSR count). The van der Waals surface area contributed by atoms with Crippen molar-refractivity contribution in [3.63, 3.8) is 0 Å². The maximum Gasteiger partial charge on any atom is 0.324 e. The number of esters is 1. The quantitative estimate of drug-likeness (QED) is 0.468. The van der Waals surface area contributed by atoms with Crippen LogP contribution in [0.1, 0.15) is 6.92 Å². The first-order valence-electron chi connectivity index (χ1n) is 8.14. The van der Waals surface area contributed by atoms with Crippen LogP contribution < -0.4 is 14.2 Å². The standard InChI is InChI=1S/C18H19Cl2NO6S/c1-12(21-28(23,24)15-7-8-16(19)17(20)11-15)18(22)27-10-9-26-14-5-3-13(25-2)4-6-14/h3-8,11-12,21H,9-10H2,1-2H3/t12-/m0/s1. The van der Waals surface area contributed by atoms with Crippen molar-refractivity contribution in [2.24, 2.45) is 0 Å². The van der Waals surface area contributed by atoms with E-state index in [1.807, 2.05) is 0 Å². The fourth-order valence-corrected chi connectivity index (χ4v) is 3.67. The molecule has 0 bridgehead atoms. The first-order chi connectivity index (χ1) is 13.2. The maximum absolute atomic E-state index is 12.3. The highest BCUT2D eigenvalue weighted by molar-refractivity contribution is 7.89. The minimum Gasteiger partial charge on any atom is -0.497 e. The van der Waals surface area contributed by atoms with E-state index in [0.29, 0.717) is 11.5 Å². The number of carbonyl (C=O) groups excluding carboxylic acids is 1. The van der Waals surface area contributed by atoms with Gasteiger partial charge in [0.1, 0.15) is 30.8 Å². The van der Waals surface area contributed by atoms with Gasteiger partial charge in [0.05, 0.1) is 22.1 Å². The molecule has 0 saturated heterocycles. The molecule has 152 valence electrons. The Morgan fingerprint density at radius 1 is 1.04 bits per heavy atom. The monoisotopic (exact) mass is 447 g/mol. The van der Waals surface area contributed by atoms with Gasteiger partial charge in [0.25, 0.3) is 0 Å².